The average Bonchev–Trinajstić information content (AvgIpc) is 2.42. The Kier molecular flexibility index (Phi) is 4.02. The highest BCUT2D eigenvalue weighted by molar-refractivity contribution is 6.35. The highest BCUT2D eigenvalue weighted by Gasteiger charge is 2.19. The fraction of sp³-hybridized carbons (Fsp3) is 0.0769. The first-order valence-electron chi connectivity index (χ1n) is 5.35. The molecule has 1 aromatic heterocycles. The smallest absolute Gasteiger partial charge is 0.261 e. The van der Waals surface area contributed by atoms with E-state index in [9.17, 15) is 9.18 Å². The molecule has 0 aliphatic carbocycles. The predicted octanol–water partition coefficient (Wildman–Crippen LogP) is 3.80. The number of halogens is 3. The number of pyridine rings is 1. The van der Waals surface area contributed by atoms with Gasteiger partial charge in [0.15, 0.2) is 11.0 Å². The van der Waals surface area contributed by atoms with Gasteiger partial charge < -0.3 is 4.90 Å². The Hall–Kier alpha value is -1.65. The highest BCUT2D eigenvalue weighted by Crippen LogP contribution is 2.23. The molecule has 0 radical (unpaired) electrons. The summed E-state index contributed by atoms with van der Waals surface area (Å²) < 4.78 is 13.4. The number of benzene rings is 1. The third-order valence-electron chi connectivity index (χ3n) is 2.57. The molecule has 0 aliphatic heterocycles. The lowest BCUT2D eigenvalue weighted by atomic mass is 10.2. The summed E-state index contributed by atoms with van der Waals surface area (Å²) in [4.78, 5) is 17.2. The minimum atomic E-state index is -0.782. The van der Waals surface area contributed by atoms with Crippen molar-refractivity contribution in [3.8, 4) is 0 Å². The SMILES string of the molecule is CN(C(=O)c1cc(F)c(Cl)nc1Cl)c1ccccc1. The van der Waals surface area contributed by atoms with Gasteiger partial charge in [-0.1, -0.05) is 41.4 Å². The van der Waals surface area contributed by atoms with Crippen molar-refractivity contribution in [2.24, 2.45) is 0 Å². The molecule has 1 aromatic carbocycles. The van der Waals surface area contributed by atoms with Gasteiger partial charge in [0.25, 0.3) is 5.91 Å². The Morgan fingerprint density at radius 2 is 1.84 bits per heavy atom. The monoisotopic (exact) mass is 298 g/mol. The molecule has 0 saturated carbocycles. The van der Waals surface area contributed by atoms with Gasteiger partial charge in [-0.25, -0.2) is 9.37 Å². The van der Waals surface area contributed by atoms with Crippen LogP contribution in [0.3, 0.4) is 0 Å². The van der Waals surface area contributed by atoms with Crippen LogP contribution in [0.25, 0.3) is 0 Å². The fourth-order valence-electron chi connectivity index (χ4n) is 1.55. The molecule has 0 bridgehead atoms. The Morgan fingerprint density at radius 3 is 2.47 bits per heavy atom. The average molecular weight is 299 g/mol. The van der Waals surface area contributed by atoms with E-state index in [2.05, 4.69) is 4.98 Å². The number of anilines is 1. The van der Waals surface area contributed by atoms with Gasteiger partial charge in [-0.05, 0) is 18.2 Å². The first kappa shape index (κ1) is 13.8. The van der Waals surface area contributed by atoms with E-state index >= 15 is 0 Å². The van der Waals surface area contributed by atoms with Crippen LogP contribution in [-0.2, 0) is 0 Å². The van der Waals surface area contributed by atoms with Crippen molar-refractivity contribution in [1.29, 1.82) is 0 Å². The predicted molar refractivity (Wildman–Crippen MR) is 73.4 cm³/mol. The lowest BCUT2D eigenvalue weighted by Gasteiger charge is -2.17. The van der Waals surface area contributed by atoms with E-state index in [-0.39, 0.29) is 15.9 Å². The zero-order valence-corrected chi connectivity index (χ0v) is 11.4. The molecule has 0 atom stereocenters. The number of aromatic nitrogens is 1. The largest absolute Gasteiger partial charge is 0.311 e. The van der Waals surface area contributed by atoms with E-state index in [0.717, 1.165) is 6.07 Å². The van der Waals surface area contributed by atoms with Crippen LogP contribution in [0.15, 0.2) is 36.4 Å². The molecule has 6 heteroatoms. The van der Waals surface area contributed by atoms with Crippen molar-refractivity contribution < 1.29 is 9.18 Å². The molecular weight excluding hydrogens is 290 g/mol. The van der Waals surface area contributed by atoms with Crippen molar-refractivity contribution in [2.75, 3.05) is 11.9 Å². The number of para-hydroxylation sites is 1. The first-order chi connectivity index (χ1) is 9.00. The minimum absolute atomic E-state index is 0.0325. The van der Waals surface area contributed by atoms with Crippen molar-refractivity contribution in [1.82, 2.24) is 4.98 Å². The lowest BCUT2D eigenvalue weighted by Crippen LogP contribution is -2.26. The third kappa shape index (κ3) is 2.85. The molecule has 19 heavy (non-hydrogen) atoms. The second-order valence-corrected chi connectivity index (χ2v) is 4.52. The van der Waals surface area contributed by atoms with E-state index in [1.165, 1.54) is 4.90 Å². The summed E-state index contributed by atoms with van der Waals surface area (Å²) in [5.41, 5.74) is 0.633. The van der Waals surface area contributed by atoms with Crippen molar-refractivity contribution >= 4 is 34.8 Å². The number of carbonyl (C=O) groups is 1. The van der Waals surface area contributed by atoms with Crippen LogP contribution in [0.4, 0.5) is 10.1 Å². The summed E-state index contributed by atoms with van der Waals surface area (Å²) in [6.07, 6.45) is 0. The van der Waals surface area contributed by atoms with E-state index in [0.29, 0.717) is 5.69 Å². The molecule has 0 fully saturated rings. The van der Waals surface area contributed by atoms with Crippen LogP contribution in [0, 0.1) is 5.82 Å². The number of nitrogens with zero attached hydrogens (tertiary/aromatic N) is 2. The molecule has 98 valence electrons. The number of rotatable bonds is 2. The zero-order valence-electron chi connectivity index (χ0n) is 9.90. The normalized spacial score (nSPS) is 10.3. The van der Waals surface area contributed by atoms with E-state index < -0.39 is 11.7 Å². The number of carbonyl (C=O) groups excluding carboxylic acids is 1. The van der Waals surface area contributed by atoms with Crippen molar-refractivity contribution in [3.05, 3.63) is 58.1 Å². The molecular formula is C13H9Cl2FN2O. The second-order valence-electron chi connectivity index (χ2n) is 3.80. The molecule has 2 aromatic rings. The number of amides is 1. The lowest BCUT2D eigenvalue weighted by molar-refractivity contribution is 0.0992. The van der Waals surface area contributed by atoms with Crippen LogP contribution in [0.2, 0.25) is 10.3 Å². The summed E-state index contributed by atoms with van der Waals surface area (Å²) >= 11 is 11.3. The van der Waals surface area contributed by atoms with Gasteiger partial charge in [0.2, 0.25) is 0 Å². The Balaban J connectivity index is 2.37. The van der Waals surface area contributed by atoms with Crippen molar-refractivity contribution in [2.45, 2.75) is 0 Å². The first-order valence-corrected chi connectivity index (χ1v) is 6.11. The topological polar surface area (TPSA) is 33.2 Å². The maximum absolute atomic E-state index is 13.4. The van der Waals surface area contributed by atoms with Gasteiger partial charge in [-0.2, -0.15) is 0 Å². The van der Waals surface area contributed by atoms with Crippen LogP contribution in [0.5, 0.6) is 0 Å². The zero-order chi connectivity index (χ0) is 14.0. The molecule has 0 unspecified atom stereocenters. The highest BCUT2D eigenvalue weighted by atomic mass is 35.5. The summed E-state index contributed by atoms with van der Waals surface area (Å²) in [6.45, 7) is 0. The number of hydrogen-bond acceptors (Lipinski definition) is 2. The molecule has 0 aliphatic rings. The van der Waals surface area contributed by atoms with Gasteiger partial charge in [0.1, 0.15) is 5.15 Å². The quantitative estimate of drug-likeness (QED) is 0.790. The maximum atomic E-state index is 13.4. The minimum Gasteiger partial charge on any atom is -0.311 e. The standard InChI is InChI=1S/C13H9Cl2FN2O/c1-18(8-5-3-2-4-6-8)13(19)9-7-10(16)12(15)17-11(9)14/h2-7H,1H3. The van der Waals surface area contributed by atoms with E-state index in [1.807, 2.05) is 6.07 Å². The third-order valence-corrected chi connectivity index (χ3v) is 3.12. The Labute approximate surface area is 119 Å². The van der Waals surface area contributed by atoms with E-state index in [4.69, 9.17) is 23.2 Å². The Bertz CT molecular complexity index is 620. The molecule has 0 saturated heterocycles. The second kappa shape index (κ2) is 5.55. The molecule has 0 spiro atoms. The van der Waals surface area contributed by atoms with Crippen molar-refractivity contribution in [3.63, 3.8) is 0 Å². The van der Waals surface area contributed by atoms with Crippen LogP contribution in [0.1, 0.15) is 10.4 Å². The van der Waals surface area contributed by atoms with Gasteiger partial charge in [-0.3, -0.25) is 4.79 Å². The maximum Gasteiger partial charge on any atom is 0.261 e. The van der Waals surface area contributed by atoms with Crippen LogP contribution >= 0.6 is 23.2 Å². The van der Waals surface area contributed by atoms with Gasteiger partial charge in [0.05, 0.1) is 5.56 Å². The molecule has 1 amide bonds. The summed E-state index contributed by atoms with van der Waals surface area (Å²) in [5, 5.41) is -0.483. The Morgan fingerprint density at radius 1 is 1.21 bits per heavy atom. The van der Waals surface area contributed by atoms with Crippen LogP contribution in [-0.4, -0.2) is 17.9 Å². The molecule has 1 heterocycles. The van der Waals surface area contributed by atoms with E-state index in [1.54, 1.807) is 31.3 Å². The molecule has 0 N–H and O–H groups in total. The van der Waals surface area contributed by atoms with Gasteiger partial charge in [-0.15, -0.1) is 0 Å². The number of hydrogen-bond donors (Lipinski definition) is 0. The summed E-state index contributed by atoms with van der Waals surface area (Å²) in [5.74, 6) is -1.24. The fourth-order valence-corrected chi connectivity index (χ4v) is 1.95. The molecule has 3 nitrogen and oxygen atoms in total. The summed E-state index contributed by atoms with van der Waals surface area (Å²) in [7, 11) is 1.57. The van der Waals surface area contributed by atoms with Gasteiger partial charge >= 0.3 is 0 Å². The van der Waals surface area contributed by atoms with Crippen LogP contribution < -0.4 is 4.90 Å². The van der Waals surface area contributed by atoms with Gasteiger partial charge in [0, 0.05) is 12.7 Å². The summed E-state index contributed by atoms with van der Waals surface area (Å²) in [6, 6.07) is 9.91. The molecule has 2 rings (SSSR count).